The molecule has 1 N–H and O–H groups in total. The van der Waals surface area contributed by atoms with Crippen LogP contribution >= 0.6 is 23.2 Å². The number of likely N-dealkylation sites (tertiary alicyclic amines) is 2. The first-order valence-corrected chi connectivity index (χ1v) is 26.7. The molecule has 0 radical (unpaired) electrons. The van der Waals surface area contributed by atoms with Crippen molar-refractivity contribution in [1.82, 2.24) is 34.6 Å². The van der Waals surface area contributed by atoms with Gasteiger partial charge in [-0.05, 0) is 105 Å². The second kappa shape index (κ2) is 21.8. The molecule has 5 aliphatic heterocycles. The largest absolute Gasteiger partial charge is 0.465 e. The number of hydrogen-bond donors (Lipinski definition) is 1. The van der Waals surface area contributed by atoms with Crippen LogP contribution in [0.2, 0.25) is 10.0 Å². The lowest BCUT2D eigenvalue weighted by Gasteiger charge is -2.46. The van der Waals surface area contributed by atoms with Crippen molar-refractivity contribution in [3.63, 3.8) is 0 Å². The summed E-state index contributed by atoms with van der Waals surface area (Å²) < 4.78 is 41.5. The van der Waals surface area contributed by atoms with Crippen molar-refractivity contribution in [1.29, 1.82) is 0 Å². The van der Waals surface area contributed by atoms with Gasteiger partial charge in [0.2, 0.25) is 0 Å². The number of carbonyl (C=O) groups is 1. The van der Waals surface area contributed by atoms with Gasteiger partial charge in [-0.3, -0.25) is 0 Å². The first-order chi connectivity index (χ1) is 35.6. The zero-order chi connectivity index (χ0) is 51.8. The lowest BCUT2D eigenvalue weighted by molar-refractivity contribution is 0.0702. The monoisotopic (exact) mass is 1050 g/mol. The summed E-state index contributed by atoms with van der Waals surface area (Å²) in [4.78, 5) is 42.7. The molecule has 4 atom stereocenters. The number of carboxylic acid groups (broad SMARTS) is 1. The van der Waals surface area contributed by atoms with Gasteiger partial charge in [0.15, 0.2) is 0 Å². The number of anilines is 3. The Labute approximate surface area is 442 Å². The SMILES string of the molecule is CN1CCC[C@H]1COc1nc2c(c(N3CCN(C(=O)O)C[C@@H]3C(F)F)n1)C(C(C)(C)C)CN(c1cccc3cccc(Cl)c13)C2.CN1CCC[C@H]1COc1ncc2c(n1)CN(c1cccc3cccc(Cl)c13)CC2. The minimum absolute atomic E-state index is 0.0923. The van der Waals surface area contributed by atoms with Crippen molar-refractivity contribution >= 4 is 68.0 Å². The number of nitrogens with zero attached hydrogens (tertiary/aromatic N) is 10. The van der Waals surface area contributed by atoms with Gasteiger partial charge in [0, 0.05) is 78.1 Å². The highest BCUT2D eigenvalue weighted by molar-refractivity contribution is 6.37. The van der Waals surface area contributed by atoms with E-state index >= 15 is 0 Å². The number of amides is 1. The van der Waals surface area contributed by atoms with E-state index in [9.17, 15) is 18.7 Å². The summed E-state index contributed by atoms with van der Waals surface area (Å²) in [6.07, 6.45) is 3.37. The van der Waals surface area contributed by atoms with Crippen molar-refractivity contribution < 1.29 is 28.2 Å². The maximum atomic E-state index is 14.7. The first kappa shape index (κ1) is 51.7. The fourth-order valence-corrected chi connectivity index (χ4v) is 12.1. The number of piperazine rings is 1. The van der Waals surface area contributed by atoms with Crippen LogP contribution < -0.4 is 24.2 Å². The summed E-state index contributed by atoms with van der Waals surface area (Å²) in [7, 11) is 4.22. The van der Waals surface area contributed by atoms with Crippen LogP contribution in [-0.2, 0) is 19.5 Å². The van der Waals surface area contributed by atoms with Crippen LogP contribution in [0.15, 0.2) is 79.0 Å². The van der Waals surface area contributed by atoms with Crippen LogP contribution in [0.1, 0.15) is 74.9 Å². The van der Waals surface area contributed by atoms with Gasteiger partial charge in [0.1, 0.15) is 25.1 Å². The molecule has 14 nitrogen and oxygen atoms in total. The van der Waals surface area contributed by atoms with Crippen molar-refractivity contribution in [3.8, 4) is 12.0 Å². The average molecular weight is 1050 g/mol. The van der Waals surface area contributed by atoms with Crippen molar-refractivity contribution in [2.45, 2.75) is 96.4 Å². The van der Waals surface area contributed by atoms with Crippen LogP contribution in [0.5, 0.6) is 12.0 Å². The maximum Gasteiger partial charge on any atom is 0.407 e. The van der Waals surface area contributed by atoms with E-state index in [0.717, 1.165) is 105 Å². The molecule has 7 heterocycles. The fraction of sp³-hybridized carbons (Fsp3) is 0.482. The highest BCUT2D eigenvalue weighted by atomic mass is 35.5. The van der Waals surface area contributed by atoms with Gasteiger partial charge >= 0.3 is 18.1 Å². The van der Waals surface area contributed by atoms with Crippen molar-refractivity contribution in [2.24, 2.45) is 5.41 Å². The van der Waals surface area contributed by atoms with E-state index in [1.54, 1.807) is 4.90 Å². The van der Waals surface area contributed by atoms with Gasteiger partial charge in [0.25, 0.3) is 6.43 Å². The number of halogens is 4. The molecule has 0 aliphatic carbocycles. The smallest absolute Gasteiger partial charge is 0.407 e. The zero-order valence-corrected chi connectivity index (χ0v) is 44.4. The number of fused-ring (bicyclic) bond motifs is 4. The van der Waals surface area contributed by atoms with Crippen molar-refractivity contribution in [3.05, 3.63) is 112 Å². The molecule has 2 aromatic heterocycles. The third kappa shape index (κ3) is 10.8. The van der Waals surface area contributed by atoms with Crippen LogP contribution in [0.4, 0.5) is 30.8 Å². The normalized spacial score (nSPS) is 21.5. The molecule has 3 fully saturated rings. The molecule has 5 aliphatic rings. The predicted octanol–water partition coefficient (Wildman–Crippen LogP) is 10.7. The Hall–Kier alpha value is -5.81. The summed E-state index contributed by atoms with van der Waals surface area (Å²) in [5.74, 6) is 0.278. The predicted molar refractivity (Wildman–Crippen MR) is 289 cm³/mol. The van der Waals surface area contributed by atoms with Gasteiger partial charge in [-0.1, -0.05) is 92.5 Å². The second-order valence-corrected chi connectivity index (χ2v) is 22.3. The summed E-state index contributed by atoms with van der Waals surface area (Å²) in [6.45, 7) is 12.1. The number of likely N-dealkylation sites (N-methyl/N-ethyl adjacent to an activating group) is 2. The average Bonchev–Trinajstić information content (AvgIpc) is 4.01. The summed E-state index contributed by atoms with van der Waals surface area (Å²) in [5.41, 5.74) is 5.64. The third-order valence-corrected chi connectivity index (χ3v) is 16.4. The van der Waals surface area contributed by atoms with Gasteiger partial charge < -0.3 is 44.0 Å². The molecule has 0 saturated carbocycles. The molecule has 11 rings (SSSR count). The van der Waals surface area contributed by atoms with Gasteiger partial charge in [-0.15, -0.1) is 0 Å². The molecule has 4 aromatic carbocycles. The Morgan fingerprint density at radius 2 is 1.30 bits per heavy atom. The topological polar surface area (TPSA) is 127 Å². The number of benzene rings is 4. The molecular weight excluding hydrogens is 986 g/mol. The highest BCUT2D eigenvalue weighted by Gasteiger charge is 2.43. The van der Waals surface area contributed by atoms with Gasteiger partial charge in [-0.2, -0.15) is 15.0 Å². The second-order valence-electron chi connectivity index (χ2n) is 21.5. The molecule has 0 bridgehead atoms. The minimum Gasteiger partial charge on any atom is -0.465 e. The first-order valence-electron chi connectivity index (χ1n) is 25.9. The molecule has 18 heteroatoms. The highest BCUT2D eigenvalue weighted by Crippen LogP contribution is 2.48. The number of aromatic nitrogens is 4. The van der Waals surface area contributed by atoms with E-state index in [2.05, 4.69) is 89.8 Å². The zero-order valence-electron chi connectivity index (χ0n) is 42.9. The Morgan fingerprint density at radius 3 is 1.86 bits per heavy atom. The summed E-state index contributed by atoms with van der Waals surface area (Å²) >= 11 is 13.3. The summed E-state index contributed by atoms with van der Waals surface area (Å²) in [5, 5.41) is 15.3. The summed E-state index contributed by atoms with van der Waals surface area (Å²) in [6, 6.07) is 24.4. The Bertz CT molecular complexity index is 2990. The number of rotatable bonds is 10. The van der Waals surface area contributed by atoms with E-state index in [-0.39, 0.29) is 43.0 Å². The lowest BCUT2D eigenvalue weighted by atomic mass is 9.73. The van der Waals surface area contributed by atoms with E-state index in [1.807, 2.05) is 48.7 Å². The van der Waals surface area contributed by atoms with E-state index < -0.39 is 18.6 Å². The minimum atomic E-state index is -2.78. The third-order valence-electron chi connectivity index (χ3n) is 15.8. The standard InChI is InChI=1S/C33H41ClF2N6O3.C23H25ClN4O/c1-33(2,3)22-16-41(25-12-6-9-20-8-5-11-23(34)27(20)25)17-24-28(22)30(38-31(37-24)45-19-21-10-7-13-39(21)4)42-15-14-40(32(43)44)18-26(42)29(35)36;1-27-11-4-7-18(27)15-29-23-25-13-17-10-12-28(14-20(17)26-23)21-9-3-6-16-5-2-8-19(24)22(16)21/h5-6,8-9,11-12,21-22,26,29H,7,10,13-19H2,1-4H3,(H,43,44);2-3,5-6,8-9,13,18H,4,7,10-12,14-15H2,1H3/t21-,22?,26+;18-/m00/s1. The Balaban J connectivity index is 0.000000185. The molecular formula is C56H66Cl2F2N10O4. The van der Waals surface area contributed by atoms with E-state index in [1.165, 1.54) is 18.4 Å². The van der Waals surface area contributed by atoms with Gasteiger partial charge in [0.05, 0.1) is 41.1 Å². The molecule has 0 spiro atoms. The number of hydrogen-bond acceptors (Lipinski definition) is 12. The van der Waals surface area contributed by atoms with Crippen LogP contribution in [-0.4, -0.2) is 144 Å². The van der Waals surface area contributed by atoms with E-state index in [4.69, 9.17) is 47.6 Å². The maximum absolute atomic E-state index is 14.7. The quantitative estimate of drug-likeness (QED) is 0.140. The van der Waals surface area contributed by atoms with Gasteiger partial charge in [-0.25, -0.2) is 18.6 Å². The Kier molecular flexibility index (Phi) is 15.2. The fourth-order valence-electron chi connectivity index (χ4n) is 11.5. The molecule has 3 saturated heterocycles. The molecule has 1 amide bonds. The Morgan fingerprint density at radius 1 is 0.730 bits per heavy atom. The molecule has 392 valence electrons. The van der Waals surface area contributed by atoms with Crippen LogP contribution in [0, 0.1) is 5.41 Å². The van der Waals surface area contributed by atoms with Crippen LogP contribution in [0.3, 0.4) is 0 Å². The molecule has 6 aromatic rings. The van der Waals surface area contributed by atoms with Crippen molar-refractivity contribution in [2.75, 3.05) is 87.8 Å². The molecule has 74 heavy (non-hydrogen) atoms. The number of ether oxygens (including phenoxy) is 2. The van der Waals surface area contributed by atoms with Crippen LogP contribution in [0.25, 0.3) is 21.5 Å². The lowest BCUT2D eigenvalue weighted by Crippen LogP contribution is -2.58. The molecule has 1 unspecified atom stereocenters. The number of alkyl halides is 2. The van der Waals surface area contributed by atoms with E-state index in [0.29, 0.717) is 49.2 Å².